The van der Waals surface area contributed by atoms with Crippen molar-refractivity contribution in [2.45, 2.75) is 5.25 Å². The Labute approximate surface area is 119 Å². The van der Waals surface area contributed by atoms with Gasteiger partial charge in [-0.3, -0.25) is 4.79 Å². The third-order valence-electron chi connectivity index (χ3n) is 2.65. The van der Waals surface area contributed by atoms with Crippen molar-refractivity contribution in [2.75, 3.05) is 29.2 Å². The van der Waals surface area contributed by atoms with Crippen LogP contribution in [0.15, 0.2) is 12.3 Å². The van der Waals surface area contributed by atoms with E-state index < -0.39 is 11.7 Å². The average Bonchev–Trinajstić information content (AvgIpc) is 2.46. The van der Waals surface area contributed by atoms with Crippen LogP contribution < -0.4 is 16.6 Å². The minimum absolute atomic E-state index is 0.0450. The summed E-state index contributed by atoms with van der Waals surface area (Å²) in [6.07, 6.45) is 1.35. The molecule has 0 bridgehead atoms. The second-order valence-electron chi connectivity index (χ2n) is 3.94. The SMILES string of the molecule is NNc1nccc(C(=O)NCC2CSCCS2)c1F. The number of carbonyl (C=O) groups is 1. The number of nitrogens with one attached hydrogen (secondary N) is 2. The smallest absolute Gasteiger partial charge is 0.254 e. The molecule has 1 aliphatic rings. The number of nitrogens with zero attached hydrogens (tertiary/aromatic N) is 1. The lowest BCUT2D eigenvalue weighted by Crippen LogP contribution is -2.34. The number of hydrazine groups is 1. The Morgan fingerprint density at radius 3 is 3.11 bits per heavy atom. The van der Waals surface area contributed by atoms with Gasteiger partial charge in [-0.25, -0.2) is 15.2 Å². The van der Waals surface area contributed by atoms with Crippen LogP contribution in [0.3, 0.4) is 0 Å². The van der Waals surface area contributed by atoms with Gasteiger partial charge >= 0.3 is 0 Å². The van der Waals surface area contributed by atoms with Gasteiger partial charge in [0.25, 0.3) is 5.91 Å². The van der Waals surface area contributed by atoms with Gasteiger partial charge < -0.3 is 10.7 Å². The average molecular weight is 302 g/mol. The molecule has 104 valence electrons. The molecule has 1 fully saturated rings. The molecule has 1 saturated heterocycles. The molecular formula is C11H15FN4OS2. The molecule has 5 nitrogen and oxygen atoms in total. The van der Waals surface area contributed by atoms with E-state index in [9.17, 15) is 9.18 Å². The van der Waals surface area contributed by atoms with Crippen LogP contribution in [0.1, 0.15) is 10.4 Å². The molecular weight excluding hydrogens is 287 g/mol. The molecule has 1 aromatic heterocycles. The number of halogens is 1. The van der Waals surface area contributed by atoms with E-state index in [0.717, 1.165) is 17.3 Å². The number of aromatic nitrogens is 1. The highest BCUT2D eigenvalue weighted by Crippen LogP contribution is 2.23. The molecule has 1 atom stereocenters. The molecule has 1 amide bonds. The summed E-state index contributed by atoms with van der Waals surface area (Å²) in [4.78, 5) is 15.6. The monoisotopic (exact) mass is 302 g/mol. The fraction of sp³-hybridized carbons (Fsp3) is 0.455. The van der Waals surface area contributed by atoms with E-state index in [2.05, 4.69) is 15.7 Å². The molecule has 0 spiro atoms. The lowest BCUT2D eigenvalue weighted by atomic mass is 10.2. The number of nitrogen functional groups attached to an aromatic ring is 1. The van der Waals surface area contributed by atoms with Crippen molar-refractivity contribution in [1.29, 1.82) is 0 Å². The lowest BCUT2D eigenvalue weighted by Gasteiger charge is -2.21. The molecule has 4 N–H and O–H groups in total. The zero-order valence-electron chi connectivity index (χ0n) is 10.2. The largest absolute Gasteiger partial charge is 0.351 e. The van der Waals surface area contributed by atoms with E-state index in [0.29, 0.717) is 11.8 Å². The number of rotatable bonds is 4. The number of anilines is 1. The standard InChI is InChI=1S/C11H15FN4OS2/c12-9-8(1-2-14-10(9)16-13)11(17)15-5-7-6-18-3-4-19-7/h1-2,7H,3-6,13H2,(H,14,16)(H,15,17). The first-order valence-electron chi connectivity index (χ1n) is 5.81. The van der Waals surface area contributed by atoms with Crippen molar-refractivity contribution in [3.8, 4) is 0 Å². The molecule has 2 rings (SSSR count). The Hall–Kier alpha value is -0.990. The number of amides is 1. The zero-order chi connectivity index (χ0) is 13.7. The Morgan fingerprint density at radius 1 is 1.58 bits per heavy atom. The minimum atomic E-state index is -0.729. The van der Waals surface area contributed by atoms with Gasteiger partial charge in [0.2, 0.25) is 0 Å². The van der Waals surface area contributed by atoms with Gasteiger partial charge in [-0.2, -0.15) is 23.5 Å². The Morgan fingerprint density at radius 2 is 2.42 bits per heavy atom. The van der Waals surface area contributed by atoms with Gasteiger partial charge in [0, 0.05) is 35.3 Å². The molecule has 0 aliphatic carbocycles. The molecule has 0 saturated carbocycles. The van der Waals surface area contributed by atoms with Crippen LogP contribution in [-0.2, 0) is 0 Å². The highest BCUT2D eigenvalue weighted by atomic mass is 32.2. The second-order valence-corrected chi connectivity index (χ2v) is 6.50. The number of nitrogens with two attached hydrogens (primary N) is 1. The summed E-state index contributed by atoms with van der Waals surface area (Å²) < 4.78 is 13.8. The van der Waals surface area contributed by atoms with Crippen LogP contribution in [0.2, 0.25) is 0 Å². The molecule has 0 aromatic carbocycles. The second kappa shape index (κ2) is 6.97. The topological polar surface area (TPSA) is 80.0 Å². The fourth-order valence-electron chi connectivity index (χ4n) is 1.68. The Kier molecular flexibility index (Phi) is 5.29. The van der Waals surface area contributed by atoms with E-state index >= 15 is 0 Å². The predicted octanol–water partition coefficient (Wildman–Crippen LogP) is 1.08. The molecule has 19 heavy (non-hydrogen) atoms. The summed E-state index contributed by atoms with van der Waals surface area (Å²) in [6.45, 7) is 0.545. The lowest BCUT2D eigenvalue weighted by molar-refractivity contribution is 0.0950. The predicted molar refractivity (Wildman–Crippen MR) is 77.9 cm³/mol. The third-order valence-corrected chi connectivity index (χ3v) is 5.49. The number of hydrogen-bond acceptors (Lipinski definition) is 6. The summed E-state index contributed by atoms with van der Waals surface area (Å²) in [5.41, 5.74) is 2.08. The summed E-state index contributed by atoms with van der Waals surface area (Å²) in [6, 6.07) is 1.34. The number of carbonyl (C=O) groups excluding carboxylic acids is 1. The van der Waals surface area contributed by atoms with Crippen molar-refractivity contribution in [2.24, 2.45) is 5.84 Å². The first kappa shape index (κ1) is 14.4. The van der Waals surface area contributed by atoms with Crippen LogP contribution in [0.4, 0.5) is 10.2 Å². The van der Waals surface area contributed by atoms with Crippen LogP contribution >= 0.6 is 23.5 Å². The van der Waals surface area contributed by atoms with Crippen LogP contribution in [0, 0.1) is 5.82 Å². The van der Waals surface area contributed by atoms with E-state index in [1.807, 2.05) is 23.5 Å². The summed E-state index contributed by atoms with van der Waals surface area (Å²) in [5.74, 6) is 7.08. The summed E-state index contributed by atoms with van der Waals surface area (Å²) >= 11 is 3.72. The van der Waals surface area contributed by atoms with E-state index in [4.69, 9.17) is 5.84 Å². The maximum atomic E-state index is 13.8. The molecule has 1 unspecified atom stereocenters. The highest BCUT2D eigenvalue weighted by Gasteiger charge is 2.18. The molecule has 0 radical (unpaired) electrons. The summed E-state index contributed by atoms with van der Waals surface area (Å²) in [5, 5.41) is 3.14. The summed E-state index contributed by atoms with van der Waals surface area (Å²) in [7, 11) is 0. The van der Waals surface area contributed by atoms with Crippen LogP contribution in [0.25, 0.3) is 0 Å². The number of pyridine rings is 1. The molecule has 2 heterocycles. The van der Waals surface area contributed by atoms with Crippen molar-refractivity contribution in [3.05, 3.63) is 23.6 Å². The molecule has 1 aromatic rings. The van der Waals surface area contributed by atoms with Crippen molar-refractivity contribution in [1.82, 2.24) is 10.3 Å². The maximum absolute atomic E-state index is 13.8. The first-order valence-corrected chi connectivity index (χ1v) is 8.01. The van der Waals surface area contributed by atoms with Gasteiger partial charge in [0.05, 0.1) is 5.56 Å². The van der Waals surface area contributed by atoms with Crippen molar-refractivity contribution < 1.29 is 9.18 Å². The number of thioether (sulfide) groups is 2. The van der Waals surface area contributed by atoms with Crippen molar-refractivity contribution >= 4 is 35.2 Å². The third kappa shape index (κ3) is 3.74. The van der Waals surface area contributed by atoms with Crippen LogP contribution in [0.5, 0.6) is 0 Å². The Bertz CT molecular complexity index is 454. The van der Waals surface area contributed by atoms with Gasteiger partial charge in [0.15, 0.2) is 11.6 Å². The van der Waals surface area contributed by atoms with Gasteiger partial charge in [0.1, 0.15) is 0 Å². The van der Waals surface area contributed by atoms with Gasteiger partial charge in [-0.1, -0.05) is 0 Å². The zero-order valence-corrected chi connectivity index (χ0v) is 11.8. The van der Waals surface area contributed by atoms with Gasteiger partial charge in [-0.15, -0.1) is 0 Å². The first-order chi connectivity index (χ1) is 9.22. The quantitative estimate of drug-likeness (QED) is 0.570. The van der Waals surface area contributed by atoms with Crippen LogP contribution in [-0.4, -0.2) is 39.9 Å². The van der Waals surface area contributed by atoms with E-state index in [1.54, 1.807) is 0 Å². The number of hydrogen-bond donors (Lipinski definition) is 3. The van der Waals surface area contributed by atoms with Gasteiger partial charge in [-0.05, 0) is 6.07 Å². The van der Waals surface area contributed by atoms with E-state index in [1.165, 1.54) is 12.3 Å². The molecule has 8 heteroatoms. The van der Waals surface area contributed by atoms with Crippen molar-refractivity contribution in [3.63, 3.8) is 0 Å². The minimum Gasteiger partial charge on any atom is -0.351 e. The molecule has 1 aliphatic heterocycles. The highest BCUT2D eigenvalue weighted by molar-refractivity contribution is 8.06. The Balaban J connectivity index is 1.95. The van der Waals surface area contributed by atoms with E-state index in [-0.39, 0.29) is 11.4 Å². The normalized spacial score (nSPS) is 18.9. The maximum Gasteiger partial charge on any atom is 0.254 e. The fourth-order valence-corrected chi connectivity index (χ4v) is 4.29.